The van der Waals surface area contributed by atoms with E-state index in [9.17, 15) is 0 Å². The highest BCUT2D eigenvalue weighted by atomic mass is 28.6. The molecule has 42 heteroatoms. The van der Waals surface area contributed by atoms with Gasteiger partial charge >= 0.3 is 0 Å². The van der Waals surface area contributed by atoms with Crippen LogP contribution in [-0.4, -0.2) is 384 Å². The number of nitrogens with zero attached hydrogens (tertiary/aromatic N) is 15. The summed E-state index contributed by atoms with van der Waals surface area (Å²) in [6, 6.07) is 0. The van der Waals surface area contributed by atoms with Crippen LogP contribution in [0.25, 0.3) is 0 Å². The Bertz CT molecular complexity index is 1840. The minimum absolute atomic E-state index is 0.417. The monoisotopic (exact) mass is 1770 g/mol. The second kappa shape index (κ2) is 48.1. The van der Waals surface area contributed by atoms with Crippen molar-refractivity contribution < 1.29 is 0 Å². The van der Waals surface area contributed by atoms with E-state index in [0.717, 1.165) is 0 Å². The molecule has 2 atom stereocenters. The van der Waals surface area contributed by atoms with E-state index in [1.165, 1.54) is 0 Å². The molecule has 0 bridgehead atoms. The van der Waals surface area contributed by atoms with E-state index >= 15 is 0 Å². The lowest BCUT2D eigenvalue weighted by molar-refractivity contribution is 0.224. The lowest BCUT2D eigenvalue weighted by atomic mass is 10.6. The van der Waals surface area contributed by atoms with Gasteiger partial charge in [-0.05, 0) is 238 Å². The van der Waals surface area contributed by atoms with Crippen LogP contribution in [0.15, 0.2) is 0 Å². The predicted octanol–water partition coefficient (Wildman–Crippen LogP) is 6.05. The molecule has 5 N–H and O–H groups in total. The zero-order valence-corrected chi connectivity index (χ0v) is 102. The molecule has 0 saturated carbocycles. The summed E-state index contributed by atoms with van der Waals surface area (Å²) in [7, 11) is 19.2. The predicted molar refractivity (Wildman–Crippen MR) is 522 cm³/mol. The number of nitrogens with one attached hydrogen (secondary N) is 5. The molecule has 99 heavy (non-hydrogen) atoms. The Morgan fingerprint density at radius 3 is 0.677 bits per heavy atom. The Labute approximate surface area is 657 Å². The first-order valence-electron chi connectivity index (χ1n) is 38.3. The molecular formula is C57H188N20Si22. The molecule has 4 fully saturated rings. The van der Waals surface area contributed by atoms with Crippen molar-refractivity contribution in [1.82, 2.24) is 88.0 Å². The van der Waals surface area contributed by atoms with Crippen LogP contribution in [0, 0.1) is 0 Å². The SMILES string of the molecule is CC1N(C)[SiH](C)N(C)[SiH](C)N(C)[SiH](C)N1C.CN(C)[SiH](C)N(C)C.CN(C)[SiH](N(C)C)N(C)C.CN1[SiH](C)N(C)[SiH](C)N(C)[SiH]1C.C[SiH](C)N([SiH](C)C)[Si](C)(C)C.C[SiH](C)N1[Si](C)(C)N([SiH](C)C)[Si]1(C)C.C[SiH](C)N[SiH](C)C.C[Si](C)(C)N[Si](C)(C)C.C[Si]1(C)N[Si](C)(C)N[Si](C)(C)N1. The third-order valence-electron chi connectivity index (χ3n) is 19.7. The van der Waals surface area contributed by atoms with Gasteiger partial charge in [-0.1, -0.05) is 137 Å². The highest BCUT2D eigenvalue weighted by molar-refractivity contribution is 7.15. The van der Waals surface area contributed by atoms with Crippen molar-refractivity contribution in [2.45, 2.75) is 262 Å². The molecule has 4 rings (SSSR count). The van der Waals surface area contributed by atoms with Gasteiger partial charge in [-0.2, -0.15) is 0 Å². The molecule has 604 valence electrons. The van der Waals surface area contributed by atoms with E-state index in [0.29, 0.717) is 6.17 Å². The molecule has 0 aromatic heterocycles. The van der Waals surface area contributed by atoms with Crippen LogP contribution in [-0.2, 0) is 0 Å². The van der Waals surface area contributed by atoms with Crippen molar-refractivity contribution in [2.75, 3.05) is 120 Å². The normalized spacial score (nSPS) is 25.3. The highest BCUT2D eigenvalue weighted by Crippen LogP contribution is 2.40. The number of rotatable bonds is 14. The van der Waals surface area contributed by atoms with Crippen molar-refractivity contribution in [3.8, 4) is 0 Å². The van der Waals surface area contributed by atoms with Gasteiger partial charge in [0.15, 0.2) is 106 Å². The summed E-state index contributed by atoms with van der Waals surface area (Å²) in [5.41, 5.74) is 0. The first-order chi connectivity index (χ1) is 43.6. The van der Waals surface area contributed by atoms with Crippen LogP contribution in [0.4, 0.5) is 0 Å². The molecular weight excluding hydrogens is 1580 g/mol. The average Bonchev–Trinajstić information content (AvgIpc) is 0.704. The van der Waals surface area contributed by atoms with Gasteiger partial charge in [0.25, 0.3) is 9.28 Å². The van der Waals surface area contributed by atoms with E-state index < -0.39 is 194 Å². The summed E-state index contributed by atoms with van der Waals surface area (Å²) in [4.78, 5) is 0. The minimum atomic E-state index is -1.30. The molecule has 4 aliphatic rings. The topological polar surface area (TPSA) is 109 Å². The quantitative estimate of drug-likeness (QED) is 0.130. The fourth-order valence-corrected chi connectivity index (χ4v) is 134. The van der Waals surface area contributed by atoms with Crippen LogP contribution in [0.3, 0.4) is 0 Å². The van der Waals surface area contributed by atoms with E-state index in [2.05, 4.69) is 464 Å². The second-order valence-corrected chi connectivity index (χ2v) is 122. The molecule has 4 saturated heterocycles. The maximum atomic E-state index is 3.78. The van der Waals surface area contributed by atoms with Crippen LogP contribution in [0.1, 0.15) is 6.92 Å². The Morgan fingerprint density at radius 1 is 0.364 bits per heavy atom. The van der Waals surface area contributed by atoms with Crippen LogP contribution < -0.4 is 23.2 Å². The summed E-state index contributed by atoms with van der Waals surface area (Å²) in [5, 5.41) is 0. The molecule has 2 unspecified atom stereocenters. The standard InChI is InChI=1S/C9H28N4Si3.C8H26N2Si4.C7H23NSi3.2C6H21N3Si3.C6H19N3Si.C6H19NSi2.C5H16N2Si.C4H15NSi2/c1-9-10(2)14(6)12(4)16(8)13(5)15(7)11(9)3;1-11(2)9-13(5,6)10(12(3)4)14(9,7)8;1-9(2)8(10(3)4)11(5,6)7;1-10(2)7-11(3,4)9-12(5,6)8-10;1-7-10(4)8(2)12(6)9(3)11(7)5;1-7(2)10(8(3)4)9(5)6;1-8(2,3)7-9(4,5)6;1-6(2)8(5)7(3)4;1-6(2)5-7(3)4/h9,14-16H,1-8H3;11-12H,1-8H3;9-10H,1-7H3;7-9H,1-6H3;10-12H,1-6H3;10H,1-6H3;7H,1-6H3;8H,1-5H3;5-7H,1-4H3. The van der Waals surface area contributed by atoms with Gasteiger partial charge in [-0.25, -0.2) is 0 Å². The zero-order chi connectivity index (χ0) is 80.9. The van der Waals surface area contributed by atoms with E-state index in [-0.39, 0.29) is 0 Å². The number of hydrogen-bond donors (Lipinski definition) is 5. The molecule has 0 aromatic rings. The van der Waals surface area contributed by atoms with Crippen LogP contribution >= 0.6 is 0 Å². The largest absolute Gasteiger partial charge is 0.374 e. The number of hydrogen-bond acceptors (Lipinski definition) is 20. The van der Waals surface area contributed by atoms with E-state index in [1.807, 2.05) is 0 Å². The Balaban J connectivity index is -0.000000338. The Kier molecular flexibility index (Phi) is 54.2. The first-order valence-corrected chi connectivity index (χ1v) is 97.5. The second-order valence-electron chi connectivity index (χ2n) is 37.9. The summed E-state index contributed by atoms with van der Waals surface area (Å²) in [6.07, 6.45) is 0.592. The van der Waals surface area contributed by atoms with Gasteiger partial charge in [0, 0.05) is 6.17 Å². The van der Waals surface area contributed by atoms with Crippen molar-refractivity contribution in [3.63, 3.8) is 0 Å². The molecule has 20 nitrogen and oxygen atoms in total. The molecule has 0 spiro atoms. The van der Waals surface area contributed by atoms with Gasteiger partial charge in [0.1, 0.15) is 24.7 Å². The summed E-state index contributed by atoms with van der Waals surface area (Å²) >= 11 is 0. The average molecular weight is 1770 g/mol. The van der Waals surface area contributed by atoms with Crippen molar-refractivity contribution in [3.05, 3.63) is 0 Å². The van der Waals surface area contributed by atoms with Gasteiger partial charge in [-0.3, -0.25) is 0 Å². The van der Waals surface area contributed by atoms with Gasteiger partial charge in [0.05, 0.1) is 53.7 Å². The summed E-state index contributed by atoms with van der Waals surface area (Å²) in [5.74, 6) is 0. The maximum absolute atomic E-state index is 3.78. The Morgan fingerprint density at radius 2 is 0.576 bits per heavy atom. The molecule has 4 aliphatic heterocycles. The third kappa shape index (κ3) is 43.0. The fourth-order valence-electron chi connectivity index (χ4n) is 16.5. The molecule has 0 amide bonds. The lowest BCUT2D eigenvalue weighted by Crippen LogP contribution is -2.93. The lowest BCUT2D eigenvalue weighted by Gasteiger charge is -2.71. The minimum Gasteiger partial charge on any atom is -0.374 e. The van der Waals surface area contributed by atoms with E-state index in [4.69, 9.17) is 0 Å². The van der Waals surface area contributed by atoms with Gasteiger partial charge < -0.3 is 88.0 Å². The molecule has 0 aromatic carbocycles. The molecule has 4 heterocycles. The summed E-state index contributed by atoms with van der Waals surface area (Å²) in [6.45, 7) is 94.5. The third-order valence-corrected chi connectivity index (χ3v) is 122. The van der Waals surface area contributed by atoms with Gasteiger partial charge in [-0.15, -0.1) is 0 Å². The van der Waals surface area contributed by atoms with Crippen LogP contribution in [0.5, 0.6) is 0 Å². The molecule has 0 aliphatic carbocycles. The van der Waals surface area contributed by atoms with Crippen molar-refractivity contribution in [1.29, 1.82) is 0 Å². The maximum Gasteiger partial charge on any atom is 0.271 e. The first kappa shape index (κ1) is 112. The van der Waals surface area contributed by atoms with E-state index in [1.54, 1.807) is 0 Å². The fraction of sp³-hybridized carbons (Fsp3) is 1.00. The smallest absolute Gasteiger partial charge is 0.271 e. The van der Waals surface area contributed by atoms with Crippen molar-refractivity contribution >= 4 is 194 Å². The zero-order valence-electron chi connectivity index (χ0n) is 77.9. The Hall–Kier alpha value is 3.97. The van der Waals surface area contributed by atoms with Gasteiger partial charge in [0.2, 0.25) is 0 Å². The van der Waals surface area contributed by atoms with Crippen LogP contribution in [0.2, 0.25) is 249 Å². The molecule has 0 radical (unpaired) electrons. The summed E-state index contributed by atoms with van der Waals surface area (Å²) < 4.78 is 58.0. The highest BCUT2D eigenvalue weighted by Gasteiger charge is 2.62. The van der Waals surface area contributed by atoms with Crippen molar-refractivity contribution in [2.24, 2.45) is 0 Å².